The minimum absolute atomic E-state index is 0.202. The van der Waals surface area contributed by atoms with E-state index < -0.39 is 9.84 Å². The molecule has 0 bridgehead atoms. The van der Waals surface area contributed by atoms with Crippen molar-refractivity contribution in [2.24, 2.45) is 0 Å². The van der Waals surface area contributed by atoms with E-state index in [0.29, 0.717) is 18.0 Å². The number of aromatic nitrogens is 3. The molecule has 86 valence electrons. The van der Waals surface area contributed by atoms with E-state index in [1.807, 2.05) is 0 Å². The van der Waals surface area contributed by atoms with Crippen molar-refractivity contribution in [2.75, 3.05) is 6.26 Å². The molecular weight excluding hydrogens is 230 g/mol. The summed E-state index contributed by atoms with van der Waals surface area (Å²) in [5, 5.41) is 7.74. The van der Waals surface area contributed by atoms with Crippen molar-refractivity contribution in [3.63, 3.8) is 0 Å². The van der Waals surface area contributed by atoms with Gasteiger partial charge in [-0.15, -0.1) is 0 Å². The van der Waals surface area contributed by atoms with Crippen LogP contribution in [0.2, 0.25) is 0 Å². The highest BCUT2D eigenvalue weighted by atomic mass is 32.2. The number of aryl methyl sites for hydroxylation is 1. The second-order valence-corrected chi connectivity index (χ2v) is 5.59. The molecule has 0 aliphatic heterocycles. The highest BCUT2D eigenvalue weighted by Gasteiger charge is 2.10. The Labute approximate surface area is 92.8 Å². The Morgan fingerprint density at radius 2 is 2.25 bits per heavy atom. The molecular formula is C9H11N3O3S. The Morgan fingerprint density at radius 1 is 1.50 bits per heavy atom. The second kappa shape index (κ2) is 3.75. The van der Waals surface area contributed by atoms with Crippen LogP contribution in [0.5, 0.6) is 0 Å². The molecule has 0 aliphatic carbocycles. The molecule has 0 saturated carbocycles. The number of sulfone groups is 1. The van der Waals surface area contributed by atoms with Gasteiger partial charge >= 0.3 is 0 Å². The van der Waals surface area contributed by atoms with Crippen molar-refractivity contribution < 1.29 is 12.9 Å². The van der Waals surface area contributed by atoms with Crippen LogP contribution in [0.25, 0.3) is 0 Å². The van der Waals surface area contributed by atoms with Gasteiger partial charge in [-0.2, -0.15) is 5.10 Å². The summed E-state index contributed by atoms with van der Waals surface area (Å²) in [6.45, 7) is 2.19. The molecule has 2 aromatic heterocycles. The lowest BCUT2D eigenvalue weighted by Crippen LogP contribution is -2.00. The first-order valence-corrected chi connectivity index (χ1v) is 6.49. The molecule has 7 heteroatoms. The van der Waals surface area contributed by atoms with Crippen molar-refractivity contribution in [2.45, 2.75) is 18.4 Å². The van der Waals surface area contributed by atoms with Gasteiger partial charge in [0.1, 0.15) is 16.3 Å². The zero-order chi connectivity index (χ0) is 11.8. The predicted octanol–water partition coefficient (Wildman–Crippen LogP) is 0.631. The summed E-state index contributed by atoms with van der Waals surface area (Å²) >= 11 is 0. The van der Waals surface area contributed by atoms with Crippen LogP contribution in [0, 0.1) is 6.92 Å². The topological polar surface area (TPSA) is 78.0 Å². The molecule has 0 saturated heterocycles. The Hall–Kier alpha value is -1.63. The average Bonchev–Trinajstić information content (AvgIpc) is 2.74. The van der Waals surface area contributed by atoms with Crippen molar-refractivity contribution in [1.29, 1.82) is 0 Å². The molecule has 0 radical (unpaired) electrons. The summed E-state index contributed by atoms with van der Waals surface area (Å²) in [4.78, 5) is 0.202. The monoisotopic (exact) mass is 241 g/mol. The summed E-state index contributed by atoms with van der Waals surface area (Å²) < 4.78 is 28.8. The fraction of sp³-hybridized carbons (Fsp3) is 0.333. The molecule has 0 unspecified atom stereocenters. The lowest BCUT2D eigenvalue weighted by atomic mass is 10.4. The molecule has 2 aromatic rings. The van der Waals surface area contributed by atoms with Crippen LogP contribution in [-0.4, -0.2) is 29.6 Å². The van der Waals surface area contributed by atoms with Crippen molar-refractivity contribution in [3.8, 4) is 0 Å². The van der Waals surface area contributed by atoms with Crippen LogP contribution in [0.4, 0.5) is 0 Å². The molecule has 2 heterocycles. The van der Waals surface area contributed by atoms with Crippen LogP contribution < -0.4 is 0 Å². The van der Waals surface area contributed by atoms with E-state index in [2.05, 4.69) is 10.3 Å². The fourth-order valence-corrected chi connectivity index (χ4v) is 1.83. The van der Waals surface area contributed by atoms with E-state index >= 15 is 0 Å². The zero-order valence-corrected chi connectivity index (χ0v) is 9.73. The van der Waals surface area contributed by atoms with Gasteiger partial charge in [-0.3, -0.25) is 4.68 Å². The van der Waals surface area contributed by atoms with Crippen LogP contribution in [0.3, 0.4) is 0 Å². The number of nitrogens with zero attached hydrogens (tertiary/aromatic N) is 3. The first-order chi connectivity index (χ1) is 7.45. The third kappa shape index (κ3) is 2.30. The maximum absolute atomic E-state index is 11.2. The van der Waals surface area contributed by atoms with Gasteiger partial charge in [0.05, 0.1) is 12.7 Å². The third-order valence-electron chi connectivity index (χ3n) is 2.04. The van der Waals surface area contributed by atoms with Crippen molar-refractivity contribution >= 4 is 9.84 Å². The summed E-state index contributed by atoms with van der Waals surface area (Å²) in [5.74, 6) is 0.713. The maximum atomic E-state index is 11.2. The number of rotatable bonds is 3. The predicted molar refractivity (Wildman–Crippen MR) is 55.7 cm³/mol. The molecule has 0 N–H and O–H groups in total. The summed E-state index contributed by atoms with van der Waals surface area (Å²) in [6, 6.07) is 1.78. The van der Waals surface area contributed by atoms with Crippen LogP contribution in [0.1, 0.15) is 11.5 Å². The van der Waals surface area contributed by atoms with E-state index in [-0.39, 0.29) is 4.90 Å². The second-order valence-electron chi connectivity index (χ2n) is 3.57. The van der Waals surface area contributed by atoms with E-state index in [9.17, 15) is 8.42 Å². The molecule has 0 amide bonds. The van der Waals surface area contributed by atoms with Crippen LogP contribution >= 0.6 is 0 Å². The summed E-state index contributed by atoms with van der Waals surface area (Å²) in [7, 11) is -3.20. The van der Waals surface area contributed by atoms with Gasteiger partial charge in [-0.05, 0) is 6.92 Å². The molecule has 0 aromatic carbocycles. The smallest absolute Gasteiger partial charge is 0.178 e. The van der Waals surface area contributed by atoms with Crippen molar-refractivity contribution in [3.05, 3.63) is 29.9 Å². The summed E-state index contributed by atoms with van der Waals surface area (Å²) in [5.41, 5.74) is 0.709. The SMILES string of the molecule is Cc1cc(Cn2cc(S(C)(=O)=O)cn2)no1. The highest BCUT2D eigenvalue weighted by Crippen LogP contribution is 2.08. The highest BCUT2D eigenvalue weighted by molar-refractivity contribution is 7.90. The molecule has 0 atom stereocenters. The van der Waals surface area contributed by atoms with Gasteiger partial charge < -0.3 is 4.52 Å². The first-order valence-electron chi connectivity index (χ1n) is 4.60. The summed E-state index contributed by atoms with van der Waals surface area (Å²) in [6.07, 6.45) is 3.94. The quantitative estimate of drug-likeness (QED) is 0.787. The van der Waals surface area contributed by atoms with Crippen LogP contribution in [0.15, 0.2) is 27.9 Å². The maximum Gasteiger partial charge on any atom is 0.178 e. The molecule has 16 heavy (non-hydrogen) atoms. The fourth-order valence-electron chi connectivity index (χ4n) is 1.28. The lowest BCUT2D eigenvalue weighted by Gasteiger charge is -1.94. The van der Waals surface area contributed by atoms with Crippen LogP contribution in [-0.2, 0) is 16.4 Å². The molecule has 2 rings (SSSR count). The van der Waals surface area contributed by atoms with Gasteiger partial charge in [0.2, 0.25) is 0 Å². The van der Waals surface area contributed by atoms with Gasteiger partial charge in [0.25, 0.3) is 0 Å². The first kappa shape index (κ1) is 10.9. The standard InChI is InChI=1S/C9H11N3O3S/c1-7-3-8(11-15-7)5-12-6-9(4-10-12)16(2,13)14/h3-4,6H,5H2,1-2H3. The Balaban J connectivity index is 2.21. The molecule has 0 spiro atoms. The van der Waals surface area contributed by atoms with E-state index in [4.69, 9.17) is 4.52 Å². The average molecular weight is 241 g/mol. The zero-order valence-electron chi connectivity index (χ0n) is 8.91. The third-order valence-corrected chi connectivity index (χ3v) is 3.11. The Morgan fingerprint density at radius 3 is 2.75 bits per heavy atom. The van der Waals surface area contributed by atoms with E-state index in [1.54, 1.807) is 13.0 Å². The minimum atomic E-state index is -3.20. The lowest BCUT2D eigenvalue weighted by molar-refractivity contribution is 0.387. The Bertz CT molecular complexity index is 597. The van der Waals surface area contributed by atoms with Gasteiger partial charge in [0.15, 0.2) is 9.84 Å². The van der Waals surface area contributed by atoms with Gasteiger partial charge in [-0.1, -0.05) is 5.16 Å². The van der Waals surface area contributed by atoms with Crippen molar-refractivity contribution in [1.82, 2.24) is 14.9 Å². The molecule has 0 fully saturated rings. The Kier molecular flexibility index (Phi) is 2.55. The molecule has 0 aliphatic rings. The number of hydrogen-bond donors (Lipinski definition) is 0. The van der Waals surface area contributed by atoms with Gasteiger partial charge in [0, 0.05) is 18.5 Å². The number of hydrogen-bond acceptors (Lipinski definition) is 5. The normalized spacial score (nSPS) is 11.9. The van der Waals surface area contributed by atoms with Gasteiger partial charge in [-0.25, -0.2) is 8.42 Å². The van der Waals surface area contributed by atoms with E-state index in [0.717, 1.165) is 6.26 Å². The minimum Gasteiger partial charge on any atom is -0.361 e. The largest absolute Gasteiger partial charge is 0.361 e. The molecule has 6 nitrogen and oxygen atoms in total. The van der Waals surface area contributed by atoms with E-state index in [1.165, 1.54) is 17.1 Å².